The Morgan fingerprint density at radius 1 is 1.17 bits per heavy atom. The number of halogens is 3. The fraction of sp³-hybridized carbons (Fsp3) is 0.0588. The van der Waals surface area contributed by atoms with Crippen LogP contribution in [0.4, 0.5) is 8.78 Å². The SMILES string of the molecule is O=C(NCc1cc(-c2ccc(F)cc2F)on1)c1ccccc1Br. The molecule has 0 aliphatic heterocycles. The summed E-state index contributed by atoms with van der Waals surface area (Å²) in [6, 6.07) is 11.7. The zero-order valence-corrected chi connectivity index (χ0v) is 13.8. The van der Waals surface area contributed by atoms with Crippen LogP contribution in [0.25, 0.3) is 11.3 Å². The van der Waals surface area contributed by atoms with Crippen LogP contribution in [0.3, 0.4) is 0 Å². The van der Waals surface area contributed by atoms with Crippen molar-refractivity contribution in [2.75, 3.05) is 0 Å². The van der Waals surface area contributed by atoms with Crippen LogP contribution in [0, 0.1) is 11.6 Å². The molecule has 1 N–H and O–H groups in total. The lowest BCUT2D eigenvalue weighted by atomic mass is 10.1. The number of rotatable bonds is 4. The van der Waals surface area contributed by atoms with Crippen LogP contribution in [0.2, 0.25) is 0 Å². The molecule has 4 nitrogen and oxygen atoms in total. The number of nitrogens with one attached hydrogen (secondary N) is 1. The van der Waals surface area contributed by atoms with Gasteiger partial charge in [-0.25, -0.2) is 8.78 Å². The van der Waals surface area contributed by atoms with E-state index < -0.39 is 11.6 Å². The van der Waals surface area contributed by atoms with Crippen molar-refractivity contribution in [2.45, 2.75) is 6.54 Å². The van der Waals surface area contributed by atoms with Gasteiger partial charge in [0, 0.05) is 16.6 Å². The summed E-state index contributed by atoms with van der Waals surface area (Å²) in [4.78, 5) is 12.1. The number of aromatic nitrogens is 1. The Morgan fingerprint density at radius 2 is 1.96 bits per heavy atom. The quantitative estimate of drug-likeness (QED) is 0.719. The second-order valence-corrected chi connectivity index (χ2v) is 5.82. The first-order valence-corrected chi connectivity index (χ1v) is 7.77. The largest absolute Gasteiger partial charge is 0.356 e. The third-order valence-corrected chi connectivity index (χ3v) is 4.00. The molecular formula is C17H11BrF2N2O2. The predicted octanol–water partition coefficient (Wildman–Crippen LogP) is 4.31. The first kappa shape index (κ1) is 16.3. The van der Waals surface area contributed by atoms with Gasteiger partial charge in [-0.1, -0.05) is 17.3 Å². The van der Waals surface area contributed by atoms with E-state index >= 15 is 0 Å². The zero-order valence-electron chi connectivity index (χ0n) is 12.2. The number of hydrogen-bond acceptors (Lipinski definition) is 3. The Bertz CT molecular complexity index is 896. The first-order chi connectivity index (χ1) is 11.5. The van der Waals surface area contributed by atoms with E-state index in [0.29, 0.717) is 15.7 Å². The Kier molecular flexibility index (Phi) is 4.71. The highest BCUT2D eigenvalue weighted by Crippen LogP contribution is 2.24. The molecule has 24 heavy (non-hydrogen) atoms. The van der Waals surface area contributed by atoms with Crippen molar-refractivity contribution in [1.29, 1.82) is 0 Å². The van der Waals surface area contributed by atoms with Gasteiger partial charge >= 0.3 is 0 Å². The molecule has 0 spiro atoms. The minimum atomic E-state index is -0.741. The molecule has 0 saturated carbocycles. The maximum Gasteiger partial charge on any atom is 0.252 e. The molecule has 0 unspecified atom stereocenters. The van der Waals surface area contributed by atoms with Crippen molar-refractivity contribution in [3.05, 3.63) is 75.9 Å². The van der Waals surface area contributed by atoms with Gasteiger partial charge in [0.25, 0.3) is 5.91 Å². The Labute approximate surface area is 144 Å². The normalized spacial score (nSPS) is 10.6. The molecule has 1 amide bonds. The van der Waals surface area contributed by atoms with Crippen LogP contribution < -0.4 is 5.32 Å². The maximum atomic E-state index is 13.7. The molecule has 0 saturated heterocycles. The number of amides is 1. The Balaban J connectivity index is 1.70. The van der Waals surface area contributed by atoms with Crippen molar-refractivity contribution < 1.29 is 18.1 Å². The molecule has 7 heteroatoms. The van der Waals surface area contributed by atoms with Gasteiger partial charge in [-0.05, 0) is 40.2 Å². The highest BCUT2D eigenvalue weighted by atomic mass is 79.9. The molecule has 122 valence electrons. The standard InChI is InChI=1S/C17H11BrF2N2O2/c18-14-4-2-1-3-12(14)17(23)21-9-11-8-16(24-22-11)13-6-5-10(19)7-15(13)20/h1-8H,9H2,(H,21,23). The molecule has 0 atom stereocenters. The molecule has 0 radical (unpaired) electrons. The van der Waals surface area contributed by atoms with Crippen LogP contribution in [0.15, 0.2) is 57.5 Å². The van der Waals surface area contributed by atoms with Crippen molar-refractivity contribution in [3.63, 3.8) is 0 Å². The van der Waals surface area contributed by atoms with E-state index in [1.807, 2.05) is 6.07 Å². The number of carbonyl (C=O) groups excluding carboxylic acids is 1. The van der Waals surface area contributed by atoms with Gasteiger partial charge in [-0.3, -0.25) is 4.79 Å². The van der Waals surface area contributed by atoms with Crippen molar-refractivity contribution in [2.24, 2.45) is 0 Å². The molecule has 3 aromatic rings. The van der Waals surface area contributed by atoms with E-state index in [9.17, 15) is 13.6 Å². The third kappa shape index (κ3) is 3.51. The molecule has 1 aromatic heterocycles. The molecule has 0 bridgehead atoms. The number of hydrogen-bond donors (Lipinski definition) is 1. The monoisotopic (exact) mass is 392 g/mol. The average molecular weight is 393 g/mol. The van der Waals surface area contributed by atoms with E-state index in [1.165, 1.54) is 12.1 Å². The number of carbonyl (C=O) groups is 1. The zero-order chi connectivity index (χ0) is 17.1. The molecule has 3 rings (SSSR count). The summed E-state index contributed by atoms with van der Waals surface area (Å²) in [5.41, 5.74) is 1.02. The summed E-state index contributed by atoms with van der Waals surface area (Å²) < 4.78 is 32.4. The topological polar surface area (TPSA) is 55.1 Å². The summed E-state index contributed by atoms with van der Waals surface area (Å²) in [7, 11) is 0. The van der Waals surface area contributed by atoms with E-state index in [2.05, 4.69) is 26.4 Å². The van der Waals surface area contributed by atoms with Crippen LogP contribution in [-0.2, 0) is 6.54 Å². The van der Waals surface area contributed by atoms with Gasteiger partial charge in [0.15, 0.2) is 5.76 Å². The summed E-state index contributed by atoms with van der Waals surface area (Å²) in [5, 5.41) is 6.48. The average Bonchev–Trinajstić information content (AvgIpc) is 3.01. The number of nitrogens with zero attached hydrogens (tertiary/aromatic N) is 1. The van der Waals surface area contributed by atoms with Crippen LogP contribution in [0.1, 0.15) is 16.1 Å². The highest BCUT2D eigenvalue weighted by Gasteiger charge is 2.14. The van der Waals surface area contributed by atoms with Gasteiger partial charge in [0.1, 0.15) is 17.3 Å². The van der Waals surface area contributed by atoms with E-state index in [4.69, 9.17) is 4.52 Å². The molecule has 0 aliphatic rings. The van der Waals surface area contributed by atoms with Crippen molar-refractivity contribution in [1.82, 2.24) is 10.5 Å². The van der Waals surface area contributed by atoms with Gasteiger partial charge in [-0.15, -0.1) is 0 Å². The molecule has 1 heterocycles. The van der Waals surface area contributed by atoms with Gasteiger partial charge < -0.3 is 9.84 Å². The fourth-order valence-electron chi connectivity index (χ4n) is 2.12. The lowest BCUT2D eigenvalue weighted by molar-refractivity contribution is 0.0949. The van der Waals surface area contributed by atoms with Crippen LogP contribution in [0.5, 0.6) is 0 Å². The van der Waals surface area contributed by atoms with E-state index in [-0.39, 0.29) is 23.8 Å². The van der Waals surface area contributed by atoms with Crippen LogP contribution in [-0.4, -0.2) is 11.1 Å². The smallest absolute Gasteiger partial charge is 0.252 e. The predicted molar refractivity (Wildman–Crippen MR) is 87.2 cm³/mol. The second kappa shape index (κ2) is 6.92. The Hall–Kier alpha value is -2.54. The third-order valence-electron chi connectivity index (χ3n) is 3.30. The van der Waals surface area contributed by atoms with E-state index in [1.54, 1.807) is 18.2 Å². The molecule has 0 fully saturated rings. The minimum Gasteiger partial charge on any atom is -0.356 e. The Morgan fingerprint density at radius 3 is 2.71 bits per heavy atom. The van der Waals surface area contributed by atoms with Crippen LogP contribution >= 0.6 is 15.9 Å². The van der Waals surface area contributed by atoms with Gasteiger partial charge in [-0.2, -0.15) is 0 Å². The molecule has 0 aliphatic carbocycles. The molecular weight excluding hydrogens is 382 g/mol. The lowest BCUT2D eigenvalue weighted by Gasteiger charge is -2.04. The van der Waals surface area contributed by atoms with Crippen molar-refractivity contribution >= 4 is 21.8 Å². The minimum absolute atomic E-state index is 0.104. The maximum absolute atomic E-state index is 13.7. The van der Waals surface area contributed by atoms with E-state index in [0.717, 1.165) is 12.1 Å². The summed E-state index contributed by atoms with van der Waals surface area (Å²) in [6.07, 6.45) is 0. The van der Waals surface area contributed by atoms with Crippen molar-refractivity contribution in [3.8, 4) is 11.3 Å². The van der Waals surface area contributed by atoms with Gasteiger partial charge in [0.05, 0.1) is 17.7 Å². The first-order valence-electron chi connectivity index (χ1n) is 6.98. The summed E-state index contributed by atoms with van der Waals surface area (Å²) >= 11 is 3.30. The van der Waals surface area contributed by atoms with Gasteiger partial charge in [0.2, 0.25) is 0 Å². The lowest BCUT2D eigenvalue weighted by Crippen LogP contribution is -2.23. The second-order valence-electron chi connectivity index (χ2n) is 4.97. The summed E-state index contributed by atoms with van der Waals surface area (Å²) in [5.74, 6) is -1.52. The molecule has 2 aromatic carbocycles. The fourth-order valence-corrected chi connectivity index (χ4v) is 2.59. The highest BCUT2D eigenvalue weighted by molar-refractivity contribution is 9.10. The number of benzene rings is 2. The summed E-state index contributed by atoms with van der Waals surface area (Å²) in [6.45, 7) is 0.118.